The summed E-state index contributed by atoms with van der Waals surface area (Å²) in [5.74, 6) is -0.00728. The van der Waals surface area contributed by atoms with E-state index < -0.39 is 0 Å². The molecule has 0 radical (unpaired) electrons. The Kier molecular flexibility index (Phi) is 4.67. The fourth-order valence-electron chi connectivity index (χ4n) is 1.74. The van der Waals surface area contributed by atoms with Crippen molar-refractivity contribution in [3.05, 3.63) is 36.3 Å². The van der Waals surface area contributed by atoms with Gasteiger partial charge in [-0.15, -0.1) is 0 Å². The molecule has 112 valence electrons. The first kappa shape index (κ1) is 15.6. The van der Waals surface area contributed by atoms with Crippen LogP contribution >= 0.6 is 11.8 Å². The Hall–Kier alpha value is -1.82. The molecule has 1 heterocycles. The number of aromatic nitrogens is 2. The molecule has 2 rings (SSSR count). The number of H-pyrrole nitrogens is 1. The molecule has 1 aromatic carbocycles. The Labute approximate surface area is 127 Å². The maximum atomic E-state index is 12.9. The van der Waals surface area contributed by atoms with Crippen LogP contribution in [0.1, 0.15) is 20.8 Å². The highest BCUT2D eigenvalue weighted by atomic mass is 32.2. The molecule has 0 spiro atoms. The number of halogens is 1. The zero-order valence-electron chi connectivity index (χ0n) is 12.2. The summed E-state index contributed by atoms with van der Waals surface area (Å²) >= 11 is 1.34. The van der Waals surface area contributed by atoms with Gasteiger partial charge in [0, 0.05) is 5.54 Å². The highest BCUT2D eigenvalue weighted by Gasteiger charge is 2.14. The summed E-state index contributed by atoms with van der Waals surface area (Å²) < 4.78 is 12.9. The molecule has 0 aliphatic rings. The van der Waals surface area contributed by atoms with Crippen molar-refractivity contribution >= 4 is 17.7 Å². The molecule has 0 saturated heterocycles. The lowest BCUT2D eigenvalue weighted by Crippen LogP contribution is -2.41. The van der Waals surface area contributed by atoms with E-state index in [0.29, 0.717) is 10.9 Å². The minimum absolute atomic E-state index is 0.0350. The summed E-state index contributed by atoms with van der Waals surface area (Å²) in [5, 5.41) is 3.56. The van der Waals surface area contributed by atoms with Gasteiger partial charge in [0.1, 0.15) is 5.82 Å². The number of hydrogen-bond acceptors (Lipinski definition) is 3. The fraction of sp³-hybridized carbons (Fsp3) is 0.333. The minimum Gasteiger partial charge on any atom is -0.351 e. The Morgan fingerprint density at radius 2 is 2.00 bits per heavy atom. The third-order valence-corrected chi connectivity index (χ3v) is 3.45. The second-order valence-electron chi connectivity index (χ2n) is 5.70. The van der Waals surface area contributed by atoms with Gasteiger partial charge in [0.05, 0.1) is 17.6 Å². The van der Waals surface area contributed by atoms with Crippen LogP contribution in [0, 0.1) is 5.82 Å². The van der Waals surface area contributed by atoms with Crippen LogP contribution < -0.4 is 5.32 Å². The summed E-state index contributed by atoms with van der Waals surface area (Å²) in [6.07, 6.45) is 1.68. The Morgan fingerprint density at radius 1 is 1.33 bits per heavy atom. The molecule has 6 heteroatoms. The van der Waals surface area contributed by atoms with Gasteiger partial charge < -0.3 is 10.3 Å². The van der Waals surface area contributed by atoms with Crippen molar-refractivity contribution < 1.29 is 9.18 Å². The first-order chi connectivity index (χ1) is 9.83. The zero-order valence-corrected chi connectivity index (χ0v) is 13.1. The molecule has 21 heavy (non-hydrogen) atoms. The molecule has 2 aromatic rings. The standard InChI is InChI=1S/C15H18FN3OS/c1-15(2,3)19-13(20)9-21-14-17-8-12(18-14)10-4-6-11(16)7-5-10/h4-8H,9H2,1-3H3,(H,17,18)(H,19,20). The first-order valence-electron chi connectivity index (χ1n) is 6.58. The molecule has 0 saturated carbocycles. The van der Waals surface area contributed by atoms with E-state index in [1.807, 2.05) is 20.8 Å². The van der Waals surface area contributed by atoms with Crippen LogP contribution in [0.15, 0.2) is 35.6 Å². The molecule has 0 unspecified atom stereocenters. The van der Waals surface area contributed by atoms with Gasteiger partial charge in [0.2, 0.25) is 5.91 Å². The smallest absolute Gasteiger partial charge is 0.230 e. The number of rotatable bonds is 4. The van der Waals surface area contributed by atoms with Gasteiger partial charge in [-0.3, -0.25) is 4.79 Å². The number of carbonyl (C=O) groups is 1. The van der Waals surface area contributed by atoms with E-state index in [0.717, 1.165) is 11.3 Å². The van der Waals surface area contributed by atoms with Crippen LogP contribution in [0.2, 0.25) is 0 Å². The van der Waals surface area contributed by atoms with E-state index >= 15 is 0 Å². The number of amides is 1. The average Bonchev–Trinajstić information content (AvgIpc) is 2.84. The second-order valence-corrected chi connectivity index (χ2v) is 6.66. The van der Waals surface area contributed by atoms with Crippen LogP contribution in [0.5, 0.6) is 0 Å². The number of nitrogens with zero attached hydrogens (tertiary/aromatic N) is 1. The van der Waals surface area contributed by atoms with E-state index in [9.17, 15) is 9.18 Å². The number of benzene rings is 1. The summed E-state index contributed by atoms with van der Waals surface area (Å²) in [6.45, 7) is 5.82. The average molecular weight is 307 g/mol. The van der Waals surface area contributed by atoms with Crippen LogP contribution in [0.25, 0.3) is 11.3 Å². The lowest BCUT2D eigenvalue weighted by Gasteiger charge is -2.20. The quantitative estimate of drug-likeness (QED) is 0.853. The lowest BCUT2D eigenvalue weighted by molar-refractivity contribution is -0.119. The van der Waals surface area contributed by atoms with Gasteiger partial charge in [-0.2, -0.15) is 0 Å². The van der Waals surface area contributed by atoms with E-state index in [-0.39, 0.29) is 17.3 Å². The van der Waals surface area contributed by atoms with E-state index in [1.54, 1.807) is 18.3 Å². The third-order valence-electron chi connectivity index (χ3n) is 2.56. The Balaban J connectivity index is 1.94. The van der Waals surface area contributed by atoms with Crippen molar-refractivity contribution in [1.29, 1.82) is 0 Å². The Bertz CT molecular complexity index is 617. The van der Waals surface area contributed by atoms with Gasteiger partial charge in [-0.1, -0.05) is 11.8 Å². The molecule has 0 aliphatic heterocycles. The first-order valence-corrected chi connectivity index (χ1v) is 7.57. The summed E-state index contributed by atoms with van der Waals surface area (Å²) in [7, 11) is 0. The van der Waals surface area contributed by atoms with Crippen molar-refractivity contribution in [3.8, 4) is 11.3 Å². The van der Waals surface area contributed by atoms with Crippen LogP contribution in [-0.2, 0) is 4.79 Å². The maximum Gasteiger partial charge on any atom is 0.230 e. The van der Waals surface area contributed by atoms with Gasteiger partial charge in [0.25, 0.3) is 0 Å². The molecule has 0 atom stereocenters. The van der Waals surface area contributed by atoms with Gasteiger partial charge in [-0.05, 0) is 50.6 Å². The van der Waals surface area contributed by atoms with Gasteiger partial charge in [-0.25, -0.2) is 9.37 Å². The van der Waals surface area contributed by atoms with Gasteiger partial charge in [0.15, 0.2) is 5.16 Å². The van der Waals surface area contributed by atoms with Crippen LogP contribution in [0.3, 0.4) is 0 Å². The number of imidazole rings is 1. The van der Waals surface area contributed by atoms with Crippen molar-refractivity contribution in [1.82, 2.24) is 15.3 Å². The summed E-state index contributed by atoms with van der Waals surface area (Å²) in [6, 6.07) is 6.17. The van der Waals surface area contributed by atoms with E-state index in [4.69, 9.17) is 0 Å². The number of aromatic amines is 1. The summed E-state index contributed by atoms with van der Waals surface area (Å²) in [5.41, 5.74) is 1.42. The second kappa shape index (κ2) is 6.30. The fourth-order valence-corrected chi connectivity index (χ4v) is 2.39. The SMILES string of the molecule is CC(C)(C)NC(=O)CSc1ncc(-c2ccc(F)cc2)[nH]1. The maximum absolute atomic E-state index is 12.9. The van der Waals surface area contributed by atoms with Crippen LogP contribution in [-0.4, -0.2) is 27.2 Å². The Morgan fingerprint density at radius 3 is 2.62 bits per heavy atom. The topological polar surface area (TPSA) is 57.8 Å². The molecule has 0 bridgehead atoms. The summed E-state index contributed by atoms with van der Waals surface area (Å²) in [4.78, 5) is 19.1. The predicted molar refractivity (Wildman–Crippen MR) is 82.6 cm³/mol. The van der Waals surface area contributed by atoms with E-state index in [1.165, 1.54) is 23.9 Å². The molecule has 2 N–H and O–H groups in total. The number of nitrogens with one attached hydrogen (secondary N) is 2. The normalized spacial score (nSPS) is 11.4. The van der Waals surface area contributed by atoms with Crippen LogP contribution in [0.4, 0.5) is 4.39 Å². The number of carbonyl (C=O) groups excluding carboxylic acids is 1. The molecule has 4 nitrogen and oxygen atoms in total. The zero-order chi connectivity index (χ0) is 15.5. The molecule has 0 aliphatic carbocycles. The van der Waals surface area contributed by atoms with Crippen molar-refractivity contribution in [2.24, 2.45) is 0 Å². The number of thioether (sulfide) groups is 1. The minimum atomic E-state index is -0.272. The number of hydrogen-bond donors (Lipinski definition) is 2. The van der Waals surface area contributed by atoms with Crippen molar-refractivity contribution in [2.75, 3.05) is 5.75 Å². The molecule has 1 aromatic heterocycles. The van der Waals surface area contributed by atoms with Crippen molar-refractivity contribution in [2.45, 2.75) is 31.5 Å². The predicted octanol–water partition coefficient (Wildman–Crippen LogP) is 3.22. The molecular weight excluding hydrogens is 289 g/mol. The highest BCUT2D eigenvalue weighted by molar-refractivity contribution is 7.99. The lowest BCUT2D eigenvalue weighted by atomic mass is 10.1. The molecule has 1 amide bonds. The molecular formula is C15H18FN3OS. The third kappa shape index (κ3) is 4.90. The highest BCUT2D eigenvalue weighted by Crippen LogP contribution is 2.21. The largest absolute Gasteiger partial charge is 0.351 e. The molecule has 0 fully saturated rings. The van der Waals surface area contributed by atoms with Crippen molar-refractivity contribution in [3.63, 3.8) is 0 Å². The monoisotopic (exact) mass is 307 g/mol. The van der Waals surface area contributed by atoms with E-state index in [2.05, 4.69) is 15.3 Å². The van der Waals surface area contributed by atoms with Gasteiger partial charge >= 0.3 is 0 Å².